The van der Waals surface area contributed by atoms with Crippen LogP contribution in [-0.4, -0.2) is 18.7 Å². The van der Waals surface area contributed by atoms with Crippen molar-refractivity contribution in [3.05, 3.63) is 26.7 Å². The second-order valence-corrected chi connectivity index (χ2v) is 7.50. The molecule has 1 aromatic carbocycles. The average Bonchev–Trinajstić information content (AvgIpc) is 2.28. The molecule has 0 saturated heterocycles. The summed E-state index contributed by atoms with van der Waals surface area (Å²) in [5, 5.41) is -0.685. The molecule has 0 radical (unpaired) electrons. The number of hydrogen-bond acceptors (Lipinski definition) is 3. The van der Waals surface area contributed by atoms with Crippen molar-refractivity contribution in [2.24, 2.45) is 5.73 Å². The summed E-state index contributed by atoms with van der Waals surface area (Å²) in [6.07, 6.45) is 0. The van der Waals surface area contributed by atoms with Crippen LogP contribution in [0.1, 0.15) is 6.92 Å². The topological polar surface area (TPSA) is 72.2 Å². The van der Waals surface area contributed by atoms with Crippen molar-refractivity contribution < 1.29 is 8.42 Å². The average molecular weight is 392 g/mol. The minimum Gasteiger partial charge on any atom is -0.392 e. The minimum atomic E-state index is -3.74. The van der Waals surface area contributed by atoms with Crippen LogP contribution in [0.5, 0.6) is 0 Å². The van der Waals surface area contributed by atoms with E-state index < -0.39 is 15.3 Å². The van der Waals surface area contributed by atoms with E-state index in [2.05, 4.69) is 32.9 Å². The Balaban J connectivity index is 3.13. The standard InChI is InChI=1S/C9H9BrCl2N2O2S2/c1-4(9(13)17)18(15,16)14-6-3-2-5(10)7(11)8(6)12/h2-4,14H,1H3,(H2,13,17). The van der Waals surface area contributed by atoms with Gasteiger partial charge in [-0.1, -0.05) is 35.4 Å². The molecule has 18 heavy (non-hydrogen) atoms. The fourth-order valence-electron chi connectivity index (χ4n) is 0.999. The van der Waals surface area contributed by atoms with E-state index in [0.29, 0.717) is 4.47 Å². The predicted molar refractivity (Wildman–Crippen MR) is 83.0 cm³/mol. The third-order valence-corrected chi connectivity index (χ3v) is 6.12. The number of thiocarbonyl (C=S) groups is 1. The van der Waals surface area contributed by atoms with E-state index in [1.54, 1.807) is 6.07 Å². The van der Waals surface area contributed by atoms with Gasteiger partial charge >= 0.3 is 0 Å². The monoisotopic (exact) mass is 390 g/mol. The maximum Gasteiger partial charge on any atom is 0.241 e. The number of hydrogen-bond donors (Lipinski definition) is 2. The molecule has 0 aliphatic carbocycles. The lowest BCUT2D eigenvalue weighted by molar-refractivity contribution is 0.598. The van der Waals surface area contributed by atoms with Crippen LogP contribution in [-0.2, 0) is 10.0 Å². The molecule has 0 saturated carbocycles. The molecular formula is C9H9BrCl2N2O2S2. The van der Waals surface area contributed by atoms with Gasteiger partial charge in [-0.2, -0.15) is 0 Å². The highest BCUT2D eigenvalue weighted by Gasteiger charge is 2.24. The van der Waals surface area contributed by atoms with Crippen LogP contribution in [0.25, 0.3) is 0 Å². The van der Waals surface area contributed by atoms with Gasteiger partial charge in [0.15, 0.2) is 0 Å². The predicted octanol–water partition coefficient (Wildman–Crippen LogP) is 3.17. The molecular weight excluding hydrogens is 383 g/mol. The van der Waals surface area contributed by atoms with Crippen LogP contribution < -0.4 is 10.5 Å². The van der Waals surface area contributed by atoms with Gasteiger partial charge in [0.1, 0.15) is 5.25 Å². The first kappa shape index (κ1) is 16.0. The number of anilines is 1. The Morgan fingerprint density at radius 2 is 2.00 bits per heavy atom. The van der Waals surface area contributed by atoms with Gasteiger partial charge in [-0.25, -0.2) is 8.42 Å². The zero-order chi connectivity index (χ0) is 14.1. The van der Waals surface area contributed by atoms with E-state index in [1.165, 1.54) is 13.0 Å². The van der Waals surface area contributed by atoms with Gasteiger partial charge in [0.2, 0.25) is 10.0 Å². The summed E-state index contributed by atoms with van der Waals surface area (Å²) in [7, 11) is -3.74. The summed E-state index contributed by atoms with van der Waals surface area (Å²) in [4.78, 5) is -0.123. The zero-order valence-electron chi connectivity index (χ0n) is 9.08. The third kappa shape index (κ3) is 3.48. The van der Waals surface area contributed by atoms with Crippen LogP contribution in [0.3, 0.4) is 0 Å². The van der Waals surface area contributed by atoms with E-state index in [9.17, 15) is 8.42 Å². The van der Waals surface area contributed by atoms with Crippen LogP contribution in [0.4, 0.5) is 5.69 Å². The number of rotatable bonds is 4. The van der Waals surface area contributed by atoms with Crippen LogP contribution in [0, 0.1) is 0 Å². The minimum absolute atomic E-state index is 0.102. The number of halogens is 3. The normalized spacial score (nSPS) is 13.1. The van der Waals surface area contributed by atoms with E-state index in [-0.39, 0.29) is 20.7 Å². The molecule has 0 fully saturated rings. The Hall–Kier alpha value is -0.0800. The van der Waals surface area contributed by atoms with Crippen molar-refractivity contribution in [1.82, 2.24) is 0 Å². The summed E-state index contributed by atoms with van der Waals surface area (Å²) < 4.78 is 26.7. The largest absolute Gasteiger partial charge is 0.392 e. The first-order chi connectivity index (χ1) is 8.16. The molecule has 1 atom stereocenters. The van der Waals surface area contributed by atoms with Gasteiger partial charge in [-0.3, -0.25) is 4.72 Å². The highest BCUT2D eigenvalue weighted by molar-refractivity contribution is 9.10. The summed E-state index contributed by atoms with van der Waals surface area (Å²) in [5.41, 5.74) is 5.49. The zero-order valence-corrected chi connectivity index (χ0v) is 13.8. The molecule has 0 aliphatic rings. The number of nitrogens with two attached hydrogens (primary N) is 1. The van der Waals surface area contributed by atoms with Gasteiger partial charge in [0, 0.05) is 4.47 Å². The lowest BCUT2D eigenvalue weighted by Crippen LogP contribution is -2.35. The molecule has 0 spiro atoms. The summed E-state index contributed by atoms with van der Waals surface area (Å²) in [6, 6.07) is 3.07. The molecule has 0 amide bonds. The highest BCUT2D eigenvalue weighted by Crippen LogP contribution is 2.36. The van der Waals surface area contributed by atoms with Crippen molar-refractivity contribution >= 4 is 72.0 Å². The Bertz CT molecular complexity index is 592. The summed E-state index contributed by atoms with van der Waals surface area (Å²) in [6.45, 7) is 1.39. The smallest absolute Gasteiger partial charge is 0.241 e. The van der Waals surface area contributed by atoms with E-state index in [1.807, 2.05) is 0 Å². The van der Waals surface area contributed by atoms with Gasteiger partial charge in [0.25, 0.3) is 0 Å². The quantitative estimate of drug-likeness (QED) is 0.610. The second kappa shape index (κ2) is 5.92. The molecule has 0 heterocycles. The first-order valence-electron chi connectivity index (χ1n) is 4.61. The molecule has 1 rings (SSSR count). The van der Waals surface area contributed by atoms with Crippen LogP contribution in [0.2, 0.25) is 10.0 Å². The first-order valence-corrected chi connectivity index (χ1v) is 8.11. The molecule has 0 aliphatic heterocycles. The second-order valence-electron chi connectivity index (χ2n) is 3.41. The Labute approximate surface area is 129 Å². The number of benzene rings is 1. The van der Waals surface area contributed by atoms with Crippen molar-refractivity contribution in [3.63, 3.8) is 0 Å². The molecule has 0 bridgehead atoms. The summed E-state index contributed by atoms with van der Waals surface area (Å²) >= 11 is 19.7. The Kier molecular flexibility index (Phi) is 5.25. The Morgan fingerprint density at radius 3 is 2.50 bits per heavy atom. The molecule has 1 unspecified atom stereocenters. The molecule has 0 aromatic heterocycles. The fourth-order valence-corrected chi connectivity index (χ4v) is 3.22. The number of sulfonamides is 1. The van der Waals surface area contributed by atoms with E-state index in [0.717, 1.165) is 0 Å². The fraction of sp³-hybridized carbons (Fsp3) is 0.222. The van der Waals surface area contributed by atoms with Gasteiger partial charge in [-0.05, 0) is 35.0 Å². The van der Waals surface area contributed by atoms with Gasteiger partial charge in [0.05, 0.1) is 20.7 Å². The van der Waals surface area contributed by atoms with Crippen LogP contribution in [0.15, 0.2) is 16.6 Å². The lowest BCUT2D eigenvalue weighted by atomic mass is 10.3. The molecule has 100 valence electrons. The van der Waals surface area contributed by atoms with Crippen LogP contribution >= 0.6 is 51.3 Å². The molecule has 9 heteroatoms. The maximum absolute atomic E-state index is 11.9. The van der Waals surface area contributed by atoms with Gasteiger partial charge < -0.3 is 5.73 Å². The van der Waals surface area contributed by atoms with Crippen molar-refractivity contribution in [2.45, 2.75) is 12.2 Å². The Morgan fingerprint density at radius 1 is 1.44 bits per heavy atom. The summed E-state index contributed by atoms with van der Waals surface area (Å²) in [5.74, 6) is 0. The SMILES string of the molecule is CC(C(N)=S)S(=O)(=O)Nc1ccc(Br)c(Cl)c1Cl. The van der Waals surface area contributed by atoms with Crippen molar-refractivity contribution in [3.8, 4) is 0 Å². The highest BCUT2D eigenvalue weighted by atomic mass is 79.9. The lowest BCUT2D eigenvalue weighted by Gasteiger charge is -2.15. The maximum atomic E-state index is 11.9. The molecule has 3 N–H and O–H groups in total. The van der Waals surface area contributed by atoms with E-state index >= 15 is 0 Å². The van der Waals surface area contributed by atoms with Gasteiger partial charge in [-0.15, -0.1) is 0 Å². The van der Waals surface area contributed by atoms with Crippen molar-refractivity contribution in [2.75, 3.05) is 4.72 Å². The molecule has 1 aromatic rings. The third-order valence-electron chi connectivity index (χ3n) is 2.15. The number of nitrogens with one attached hydrogen (secondary N) is 1. The molecule has 4 nitrogen and oxygen atoms in total. The van der Waals surface area contributed by atoms with Crippen molar-refractivity contribution in [1.29, 1.82) is 0 Å². The van der Waals surface area contributed by atoms with E-state index in [4.69, 9.17) is 28.9 Å².